The lowest BCUT2D eigenvalue weighted by molar-refractivity contribution is -0.117. The summed E-state index contributed by atoms with van der Waals surface area (Å²) in [7, 11) is 0. The van der Waals surface area contributed by atoms with Crippen LogP contribution in [-0.2, 0) is 4.79 Å². The first kappa shape index (κ1) is 17.1. The molecule has 4 rings (SSSR count). The number of aryl methyl sites for hydroxylation is 1. The molecule has 1 aromatic heterocycles. The first-order valence-electron chi connectivity index (χ1n) is 9.51. The summed E-state index contributed by atoms with van der Waals surface area (Å²) >= 11 is 0. The summed E-state index contributed by atoms with van der Waals surface area (Å²) in [4.78, 5) is 17.1. The number of anilines is 2. The van der Waals surface area contributed by atoms with Crippen LogP contribution in [0.4, 0.5) is 11.4 Å². The molecule has 2 aliphatic heterocycles. The Labute approximate surface area is 154 Å². The SMILES string of the molecule is Cc1cc([C@H]2CCCN2CC(=O)Nc2ccc(N3CCCC3)cc2)no1. The van der Waals surface area contributed by atoms with E-state index in [4.69, 9.17) is 4.52 Å². The fraction of sp³-hybridized carbons (Fsp3) is 0.500. The number of carbonyl (C=O) groups is 1. The average molecular weight is 354 g/mol. The van der Waals surface area contributed by atoms with Gasteiger partial charge < -0.3 is 14.7 Å². The Morgan fingerprint density at radius 2 is 1.96 bits per heavy atom. The number of rotatable bonds is 5. The number of nitrogens with one attached hydrogen (secondary N) is 1. The molecule has 2 aliphatic rings. The predicted molar refractivity (Wildman–Crippen MR) is 101 cm³/mol. The van der Waals surface area contributed by atoms with Gasteiger partial charge in [-0.05, 0) is 63.4 Å². The first-order valence-corrected chi connectivity index (χ1v) is 9.51. The lowest BCUT2D eigenvalue weighted by atomic mass is 10.1. The molecule has 0 bridgehead atoms. The van der Waals surface area contributed by atoms with E-state index in [2.05, 4.69) is 32.4 Å². The van der Waals surface area contributed by atoms with Crippen molar-refractivity contribution in [3.8, 4) is 0 Å². The second-order valence-electron chi connectivity index (χ2n) is 7.28. The molecule has 0 aliphatic carbocycles. The normalized spacial score (nSPS) is 20.7. The van der Waals surface area contributed by atoms with Gasteiger partial charge >= 0.3 is 0 Å². The summed E-state index contributed by atoms with van der Waals surface area (Å²) in [6.07, 6.45) is 4.62. The molecule has 2 aromatic rings. The molecular formula is C20H26N4O2. The molecule has 1 aromatic carbocycles. The largest absolute Gasteiger partial charge is 0.372 e. The Bertz CT molecular complexity index is 749. The molecule has 1 atom stereocenters. The highest BCUT2D eigenvalue weighted by atomic mass is 16.5. The van der Waals surface area contributed by atoms with E-state index >= 15 is 0 Å². The van der Waals surface area contributed by atoms with Crippen molar-refractivity contribution in [2.75, 3.05) is 36.4 Å². The third kappa shape index (κ3) is 3.75. The molecule has 0 saturated carbocycles. The molecular weight excluding hydrogens is 328 g/mol. The van der Waals surface area contributed by atoms with Crippen molar-refractivity contribution in [1.82, 2.24) is 10.1 Å². The number of amides is 1. The van der Waals surface area contributed by atoms with Crippen LogP contribution in [0, 0.1) is 6.92 Å². The maximum Gasteiger partial charge on any atom is 0.238 e. The summed E-state index contributed by atoms with van der Waals surface area (Å²) in [5.41, 5.74) is 3.02. The van der Waals surface area contributed by atoms with Crippen LogP contribution in [0.25, 0.3) is 0 Å². The molecule has 1 N–H and O–H groups in total. The van der Waals surface area contributed by atoms with Gasteiger partial charge in [-0.3, -0.25) is 9.69 Å². The van der Waals surface area contributed by atoms with Crippen molar-refractivity contribution in [1.29, 1.82) is 0 Å². The van der Waals surface area contributed by atoms with Crippen LogP contribution in [0.5, 0.6) is 0 Å². The Hall–Kier alpha value is -2.34. The van der Waals surface area contributed by atoms with Gasteiger partial charge in [-0.1, -0.05) is 5.16 Å². The van der Waals surface area contributed by atoms with E-state index in [1.54, 1.807) is 0 Å². The Kier molecular flexibility index (Phi) is 4.93. The quantitative estimate of drug-likeness (QED) is 0.892. The third-order valence-corrected chi connectivity index (χ3v) is 5.32. The molecule has 138 valence electrons. The number of aromatic nitrogens is 1. The van der Waals surface area contributed by atoms with Gasteiger partial charge in [0.1, 0.15) is 11.5 Å². The van der Waals surface area contributed by atoms with Gasteiger partial charge in [0, 0.05) is 30.5 Å². The van der Waals surface area contributed by atoms with Gasteiger partial charge in [0.05, 0.1) is 12.6 Å². The topological polar surface area (TPSA) is 61.6 Å². The highest BCUT2D eigenvalue weighted by Crippen LogP contribution is 2.31. The van der Waals surface area contributed by atoms with Crippen molar-refractivity contribution in [3.05, 3.63) is 41.8 Å². The monoisotopic (exact) mass is 354 g/mol. The number of likely N-dealkylation sites (tertiary alicyclic amines) is 1. The van der Waals surface area contributed by atoms with E-state index in [-0.39, 0.29) is 11.9 Å². The molecule has 0 spiro atoms. The van der Waals surface area contributed by atoms with Crippen LogP contribution < -0.4 is 10.2 Å². The van der Waals surface area contributed by atoms with Gasteiger partial charge in [-0.25, -0.2) is 0 Å². The van der Waals surface area contributed by atoms with Gasteiger partial charge in [-0.2, -0.15) is 0 Å². The number of benzene rings is 1. The van der Waals surface area contributed by atoms with E-state index in [9.17, 15) is 4.79 Å². The molecule has 3 heterocycles. The Balaban J connectivity index is 1.34. The number of nitrogens with zero attached hydrogens (tertiary/aromatic N) is 3. The van der Waals surface area contributed by atoms with Crippen LogP contribution in [0.15, 0.2) is 34.9 Å². The van der Waals surface area contributed by atoms with Gasteiger partial charge in [0.2, 0.25) is 5.91 Å². The van der Waals surface area contributed by atoms with Crippen LogP contribution >= 0.6 is 0 Å². The molecule has 0 unspecified atom stereocenters. The van der Waals surface area contributed by atoms with Gasteiger partial charge in [-0.15, -0.1) is 0 Å². The predicted octanol–water partition coefficient (Wildman–Crippen LogP) is 3.36. The van der Waals surface area contributed by atoms with Crippen molar-refractivity contribution < 1.29 is 9.32 Å². The number of hydrogen-bond donors (Lipinski definition) is 1. The second kappa shape index (κ2) is 7.50. The average Bonchev–Trinajstić information content (AvgIpc) is 3.37. The zero-order valence-corrected chi connectivity index (χ0v) is 15.3. The van der Waals surface area contributed by atoms with Crippen LogP contribution in [0.1, 0.15) is 43.2 Å². The van der Waals surface area contributed by atoms with Crippen LogP contribution in [0.2, 0.25) is 0 Å². The van der Waals surface area contributed by atoms with E-state index in [1.165, 1.54) is 18.5 Å². The summed E-state index contributed by atoms with van der Waals surface area (Å²) in [6.45, 7) is 5.45. The molecule has 6 nitrogen and oxygen atoms in total. The van der Waals surface area contributed by atoms with Crippen molar-refractivity contribution >= 4 is 17.3 Å². The molecule has 26 heavy (non-hydrogen) atoms. The molecule has 2 saturated heterocycles. The fourth-order valence-corrected chi connectivity index (χ4v) is 4.01. The third-order valence-electron chi connectivity index (χ3n) is 5.32. The molecule has 0 radical (unpaired) electrons. The van der Waals surface area contributed by atoms with Crippen molar-refractivity contribution in [3.63, 3.8) is 0 Å². The standard InChI is InChI=1S/C20H26N4O2/c1-15-13-18(22-26-15)19-5-4-12-24(19)14-20(25)21-16-6-8-17(9-7-16)23-10-2-3-11-23/h6-9,13,19H,2-5,10-12,14H2,1H3,(H,21,25)/t19-/m1/s1. The smallest absolute Gasteiger partial charge is 0.238 e. The van der Waals surface area contributed by atoms with E-state index in [0.717, 1.165) is 49.6 Å². The van der Waals surface area contributed by atoms with E-state index < -0.39 is 0 Å². The summed E-state index contributed by atoms with van der Waals surface area (Å²) in [6, 6.07) is 10.3. The zero-order chi connectivity index (χ0) is 17.9. The van der Waals surface area contributed by atoms with Gasteiger partial charge in [0.25, 0.3) is 0 Å². The lowest BCUT2D eigenvalue weighted by Crippen LogP contribution is -2.33. The Morgan fingerprint density at radius 1 is 1.19 bits per heavy atom. The zero-order valence-electron chi connectivity index (χ0n) is 15.3. The minimum atomic E-state index is 0.0195. The molecule has 6 heteroatoms. The highest BCUT2D eigenvalue weighted by molar-refractivity contribution is 5.92. The minimum Gasteiger partial charge on any atom is -0.372 e. The molecule has 2 fully saturated rings. The molecule has 1 amide bonds. The Morgan fingerprint density at radius 3 is 2.65 bits per heavy atom. The number of hydrogen-bond acceptors (Lipinski definition) is 5. The fourth-order valence-electron chi connectivity index (χ4n) is 4.01. The highest BCUT2D eigenvalue weighted by Gasteiger charge is 2.29. The lowest BCUT2D eigenvalue weighted by Gasteiger charge is -2.22. The minimum absolute atomic E-state index is 0.0195. The maximum atomic E-state index is 12.5. The van der Waals surface area contributed by atoms with Crippen molar-refractivity contribution in [2.45, 2.75) is 38.6 Å². The first-order chi connectivity index (χ1) is 12.7. The maximum absolute atomic E-state index is 12.5. The summed E-state index contributed by atoms with van der Waals surface area (Å²) in [5.74, 6) is 0.834. The van der Waals surface area contributed by atoms with E-state index in [1.807, 2.05) is 25.1 Å². The number of carbonyl (C=O) groups excluding carboxylic acids is 1. The van der Waals surface area contributed by atoms with Crippen LogP contribution in [0.3, 0.4) is 0 Å². The summed E-state index contributed by atoms with van der Waals surface area (Å²) in [5, 5.41) is 7.15. The van der Waals surface area contributed by atoms with Gasteiger partial charge in [0.15, 0.2) is 0 Å². The van der Waals surface area contributed by atoms with E-state index in [0.29, 0.717) is 6.54 Å². The summed E-state index contributed by atoms with van der Waals surface area (Å²) < 4.78 is 5.20. The van der Waals surface area contributed by atoms with Crippen LogP contribution in [-0.4, -0.2) is 42.1 Å². The van der Waals surface area contributed by atoms with Crippen molar-refractivity contribution in [2.24, 2.45) is 0 Å². The second-order valence-corrected chi connectivity index (χ2v) is 7.28.